The zero-order valence-electron chi connectivity index (χ0n) is 11.3. The quantitative estimate of drug-likeness (QED) is 0.710. The number of nitriles is 1. The summed E-state index contributed by atoms with van der Waals surface area (Å²) in [6.07, 6.45) is 10.3. The number of ether oxygens (including phenoxy) is 1. The van der Waals surface area contributed by atoms with Crippen LogP contribution in [0.3, 0.4) is 0 Å². The zero-order chi connectivity index (χ0) is 12.5. The molecule has 0 heterocycles. The first-order chi connectivity index (χ1) is 8.80. The molecule has 4 aliphatic rings. The van der Waals surface area contributed by atoms with Crippen LogP contribution < -0.4 is 0 Å². The van der Waals surface area contributed by atoms with E-state index in [1.807, 2.05) is 0 Å². The third-order valence-corrected chi connectivity index (χ3v) is 5.41. The molecule has 0 amide bonds. The molecule has 4 rings (SSSR count). The Morgan fingerprint density at radius 3 is 2.28 bits per heavy atom. The SMILES string of the molecule is COCC/C(C#N)=C\C1C2CC3CC(C2)CC1C3. The maximum Gasteiger partial charge on any atom is 0.0944 e. The monoisotopic (exact) mass is 245 g/mol. The van der Waals surface area contributed by atoms with Crippen LogP contribution in [0.2, 0.25) is 0 Å². The van der Waals surface area contributed by atoms with E-state index in [0.717, 1.165) is 35.7 Å². The molecule has 0 atom stereocenters. The highest BCUT2D eigenvalue weighted by Crippen LogP contribution is 2.57. The van der Waals surface area contributed by atoms with Gasteiger partial charge in [0.1, 0.15) is 0 Å². The molecular formula is C16H23NO. The Kier molecular flexibility index (Phi) is 3.43. The van der Waals surface area contributed by atoms with Gasteiger partial charge in [-0.15, -0.1) is 0 Å². The molecule has 0 aromatic carbocycles. The molecule has 98 valence electrons. The van der Waals surface area contributed by atoms with Crippen molar-refractivity contribution in [1.82, 2.24) is 0 Å². The van der Waals surface area contributed by atoms with Gasteiger partial charge < -0.3 is 4.74 Å². The fourth-order valence-corrected chi connectivity index (χ4v) is 4.86. The Morgan fingerprint density at radius 2 is 1.78 bits per heavy atom. The molecule has 4 saturated carbocycles. The van der Waals surface area contributed by atoms with E-state index < -0.39 is 0 Å². The minimum absolute atomic E-state index is 0.673. The largest absolute Gasteiger partial charge is 0.384 e. The van der Waals surface area contributed by atoms with Crippen LogP contribution in [-0.2, 0) is 4.74 Å². The van der Waals surface area contributed by atoms with Crippen molar-refractivity contribution in [2.45, 2.75) is 38.5 Å². The number of hydrogen-bond donors (Lipinski definition) is 0. The molecule has 2 heteroatoms. The Bertz CT molecular complexity index is 351. The zero-order valence-corrected chi connectivity index (χ0v) is 11.3. The van der Waals surface area contributed by atoms with Crippen LogP contribution in [0.15, 0.2) is 11.6 Å². The van der Waals surface area contributed by atoms with Gasteiger partial charge in [0, 0.05) is 19.1 Å². The summed E-state index contributed by atoms with van der Waals surface area (Å²) in [5, 5.41) is 9.23. The van der Waals surface area contributed by atoms with Gasteiger partial charge in [0.25, 0.3) is 0 Å². The maximum absolute atomic E-state index is 9.23. The van der Waals surface area contributed by atoms with Gasteiger partial charge in [-0.1, -0.05) is 6.08 Å². The predicted octanol–water partition coefficient (Wildman–Crippen LogP) is 3.55. The molecule has 4 fully saturated rings. The molecule has 0 aliphatic heterocycles. The summed E-state index contributed by atoms with van der Waals surface area (Å²) < 4.78 is 5.09. The minimum Gasteiger partial charge on any atom is -0.384 e. The van der Waals surface area contributed by atoms with Crippen molar-refractivity contribution < 1.29 is 4.74 Å². The summed E-state index contributed by atoms with van der Waals surface area (Å²) in [6, 6.07) is 2.38. The third-order valence-electron chi connectivity index (χ3n) is 5.41. The molecule has 0 saturated heterocycles. The average molecular weight is 245 g/mol. The average Bonchev–Trinajstić information content (AvgIpc) is 2.36. The van der Waals surface area contributed by atoms with Crippen molar-refractivity contribution in [1.29, 1.82) is 5.26 Å². The molecule has 4 bridgehead atoms. The van der Waals surface area contributed by atoms with Crippen LogP contribution in [0, 0.1) is 40.9 Å². The molecule has 0 aromatic rings. The van der Waals surface area contributed by atoms with Crippen LogP contribution in [0.5, 0.6) is 0 Å². The highest BCUT2D eigenvalue weighted by Gasteiger charge is 2.47. The second kappa shape index (κ2) is 5.05. The number of hydrogen-bond acceptors (Lipinski definition) is 2. The molecule has 4 aliphatic carbocycles. The topological polar surface area (TPSA) is 33.0 Å². The normalized spacial score (nSPS) is 42.0. The molecule has 0 unspecified atom stereocenters. The van der Waals surface area contributed by atoms with Crippen LogP contribution in [0.25, 0.3) is 0 Å². The highest BCUT2D eigenvalue weighted by molar-refractivity contribution is 5.23. The van der Waals surface area contributed by atoms with Crippen LogP contribution in [0.4, 0.5) is 0 Å². The van der Waals surface area contributed by atoms with Crippen molar-refractivity contribution >= 4 is 0 Å². The molecule has 0 aromatic heterocycles. The van der Waals surface area contributed by atoms with E-state index in [1.54, 1.807) is 7.11 Å². The van der Waals surface area contributed by atoms with E-state index in [2.05, 4.69) is 12.1 Å². The first kappa shape index (κ1) is 12.2. The predicted molar refractivity (Wildman–Crippen MR) is 70.7 cm³/mol. The first-order valence-electron chi connectivity index (χ1n) is 7.40. The maximum atomic E-state index is 9.23. The lowest BCUT2D eigenvalue weighted by molar-refractivity contribution is -0.0164. The lowest BCUT2D eigenvalue weighted by atomic mass is 9.52. The highest BCUT2D eigenvalue weighted by atomic mass is 16.5. The van der Waals surface area contributed by atoms with Crippen molar-refractivity contribution in [3.05, 3.63) is 11.6 Å². The van der Waals surface area contributed by atoms with Crippen molar-refractivity contribution in [2.24, 2.45) is 29.6 Å². The van der Waals surface area contributed by atoms with E-state index in [1.165, 1.54) is 32.1 Å². The van der Waals surface area contributed by atoms with E-state index in [-0.39, 0.29) is 0 Å². The Morgan fingerprint density at radius 1 is 1.17 bits per heavy atom. The van der Waals surface area contributed by atoms with Gasteiger partial charge in [-0.05, 0) is 61.7 Å². The molecule has 0 radical (unpaired) electrons. The summed E-state index contributed by atoms with van der Waals surface area (Å²) in [7, 11) is 1.71. The Hall–Kier alpha value is -0.810. The fraction of sp³-hybridized carbons (Fsp3) is 0.812. The van der Waals surface area contributed by atoms with Gasteiger partial charge in [-0.2, -0.15) is 5.26 Å². The van der Waals surface area contributed by atoms with Gasteiger partial charge in [0.05, 0.1) is 12.7 Å². The molecular weight excluding hydrogens is 222 g/mol. The first-order valence-corrected chi connectivity index (χ1v) is 7.40. The Labute approximate surface area is 110 Å². The molecule has 0 spiro atoms. The van der Waals surface area contributed by atoms with Gasteiger partial charge in [0.2, 0.25) is 0 Å². The third kappa shape index (κ3) is 2.21. The lowest BCUT2D eigenvalue weighted by Gasteiger charge is -2.53. The van der Waals surface area contributed by atoms with E-state index in [9.17, 15) is 5.26 Å². The second-order valence-electron chi connectivity index (χ2n) is 6.55. The number of rotatable bonds is 4. The van der Waals surface area contributed by atoms with Gasteiger partial charge in [-0.3, -0.25) is 0 Å². The van der Waals surface area contributed by atoms with Crippen molar-refractivity contribution in [2.75, 3.05) is 13.7 Å². The van der Waals surface area contributed by atoms with Crippen LogP contribution in [0.1, 0.15) is 38.5 Å². The summed E-state index contributed by atoms with van der Waals surface area (Å²) in [5.74, 6) is 4.49. The summed E-state index contributed by atoms with van der Waals surface area (Å²) >= 11 is 0. The number of methoxy groups -OCH3 is 1. The van der Waals surface area contributed by atoms with Crippen molar-refractivity contribution in [3.63, 3.8) is 0 Å². The molecule has 18 heavy (non-hydrogen) atoms. The van der Waals surface area contributed by atoms with Gasteiger partial charge in [-0.25, -0.2) is 0 Å². The summed E-state index contributed by atoms with van der Waals surface area (Å²) in [5.41, 5.74) is 0.953. The minimum atomic E-state index is 0.673. The van der Waals surface area contributed by atoms with Crippen molar-refractivity contribution in [3.8, 4) is 6.07 Å². The van der Waals surface area contributed by atoms with E-state index in [4.69, 9.17) is 4.74 Å². The van der Waals surface area contributed by atoms with E-state index in [0.29, 0.717) is 12.5 Å². The second-order valence-corrected chi connectivity index (χ2v) is 6.55. The van der Waals surface area contributed by atoms with E-state index >= 15 is 0 Å². The van der Waals surface area contributed by atoms with Crippen LogP contribution >= 0.6 is 0 Å². The number of nitrogens with zero attached hydrogens (tertiary/aromatic N) is 1. The molecule has 0 N–H and O–H groups in total. The number of allylic oxidation sites excluding steroid dienone is 1. The molecule has 2 nitrogen and oxygen atoms in total. The summed E-state index contributed by atoms with van der Waals surface area (Å²) in [6.45, 7) is 0.673. The van der Waals surface area contributed by atoms with Gasteiger partial charge >= 0.3 is 0 Å². The lowest BCUT2D eigenvalue weighted by Crippen LogP contribution is -2.44. The summed E-state index contributed by atoms with van der Waals surface area (Å²) in [4.78, 5) is 0. The smallest absolute Gasteiger partial charge is 0.0944 e. The van der Waals surface area contributed by atoms with Crippen LogP contribution in [-0.4, -0.2) is 13.7 Å². The Balaban J connectivity index is 1.72. The standard InChI is InChI=1S/C16H23NO/c1-18-3-2-11(10-17)9-16-14-5-12-4-13(7-14)8-15(16)6-12/h9,12-16H,2-8H2,1H3/b11-9+. The van der Waals surface area contributed by atoms with Gasteiger partial charge in [0.15, 0.2) is 0 Å². The fourth-order valence-electron chi connectivity index (χ4n) is 4.86.